The molecule has 0 radical (unpaired) electrons. The topological polar surface area (TPSA) is 96.0 Å². The van der Waals surface area contributed by atoms with Gasteiger partial charge in [0.25, 0.3) is 5.91 Å². The number of benzene rings is 3. The van der Waals surface area contributed by atoms with Crippen molar-refractivity contribution in [3.05, 3.63) is 99.8 Å². The number of nitrogens with one attached hydrogen (secondary N) is 1. The molecule has 3 saturated carbocycles. The fourth-order valence-electron chi connectivity index (χ4n) is 6.98. The molecule has 3 aromatic rings. The average molecular weight is 687 g/mol. The number of rotatable bonds is 11. The Balaban J connectivity index is 1.39. The normalized spacial score (nSPS) is 27.5. The lowest BCUT2D eigenvalue weighted by atomic mass is 9.87. The van der Waals surface area contributed by atoms with E-state index in [9.17, 15) is 18.0 Å². The van der Waals surface area contributed by atoms with Crippen LogP contribution in [0.25, 0.3) is 0 Å². The summed E-state index contributed by atoms with van der Waals surface area (Å²) in [4.78, 5) is 29.2. The highest BCUT2D eigenvalue weighted by molar-refractivity contribution is 7.93. The lowest BCUT2D eigenvalue weighted by Crippen LogP contribution is -2.60. The summed E-state index contributed by atoms with van der Waals surface area (Å²) in [5.41, 5.74) is 1.06. The zero-order valence-electron chi connectivity index (χ0n) is 25.1. The zero-order valence-corrected chi connectivity index (χ0v) is 27.4. The van der Waals surface area contributed by atoms with Crippen LogP contribution in [-0.4, -0.2) is 56.1 Å². The summed E-state index contributed by atoms with van der Waals surface area (Å²) in [5, 5.41) is 2.97. The number of amides is 2. The van der Waals surface area contributed by atoms with Crippen LogP contribution in [0.5, 0.6) is 0 Å². The molecule has 3 aliphatic carbocycles. The Morgan fingerprint density at radius 3 is 2.35 bits per heavy atom. The molecule has 3 aromatic carbocycles. The Labute approximate surface area is 277 Å². The smallest absolute Gasteiger partial charge is 0.253 e. The molecule has 0 aromatic heterocycles. The first kappa shape index (κ1) is 31.4. The molecule has 0 bridgehead atoms. The van der Waals surface area contributed by atoms with Crippen LogP contribution in [-0.2, 0) is 24.3 Å². The van der Waals surface area contributed by atoms with E-state index < -0.39 is 51.3 Å². The van der Waals surface area contributed by atoms with Gasteiger partial charge in [-0.15, -0.1) is 0 Å². The Hall–Kier alpha value is -3.18. The van der Waals surface area contributed by atoms with Crippen molar-refractivity contribution in [2.75, 3.05) is 17.9 Å². The average Bonchev–Trinajstić information content (AvgIpc) is 3.92. The van der Waals surface area contributed by atoms with Crippen LogP contribution in [0.15, 0.2) is 72.8 Å². The maximum atomic E-state index is 15.4. The van der Waals surface area contributed by atoms with Gasteiger partial charge in [-0.3, -0.25) is 13.9 Å². The van der Waals surface area contributed by atoms with Gasteiger partial charge in [0.1, 0.15) is 18.0 Å². The summed E-state index contributed by atoms with van der Waals surface area (Å²) in [6.07, 6.45) is 0.518. The van der Waals surface area contributed by atoms with E-state index in [4.69, 9.17) is 27.9 Å². The number of carbonyl (C=O) groups is 2. The third kappa shape index (κ3) is 5.67. The van der Waals surface area contributed by atoms with Gasteiger partial charge in [0.2, 0.25) is 15.9 Å². The van der Waals surface area contributed by atoms with Crippen LogP contribution < -0.4 is 9.62 Å². The second-order valence-corrected chi connectivity index (χ2v) is 15.8. The van der Waals surface area contributed by atoms with Crippen LogP contribution >= 0.6 is 23.2 Å². The number of hydrogen-bond donors (Lipinski definition) is 1. The Morgan fingerprint density at radius 1 is 1.04 bits per heavy atom. The van der Waals surface area contributed by atoms with Gasteiger partial charge in [-0.05, 0) is 84.5 Å². The van der Waals surface area contributed by atoms with Crippen LogP contribution in [0.3, 0.4) is 0 Å². The minimum atomic E-state index is -3.94. The minimum Gasteiger partial charge on any atom is -0.359 e. The first-order chi connectivity index (χ1) is 22.0. The number of anilines is 1. The van der Waals surface area contributed by atoms with Gasteiger partial charge in [0.15, 0.2) is 0 Å². The molecule has 4 atom stereocenters. The van der Waals surface area contributed by atoms with Gasteiger partial charge in [0.05, 0.1) is 36.0 Å². The number of carbonyl (C=O) groups excluding carboxylic acids is 2. The van der Waals surface area contributed by atoms with E-state index in [0.717, 1.165) is 18.4 Å². The fourth-order valence-corrected chi connectivity index (χ4v) is 9.17. The number of hydrogen-bond acceptors (Lipinski definition) is 5. The maximum absolute atomic E-state index is 15.4. The summed E-state index contributed by atoms with van der Waals surface area (Å²) < 4.78 is 51.2. The second-order valence-electron chi connectivity index (χ2n) is 12.8. The van der Waals surface area contributed by atoms with Crippen LogP contribution in [0, 0.1) is 17.2 Å². The molecule has 2 amide bonds. The lowest BCUT2D eigenvalue weighted by molar-refractivity contribution is -0.182. The van der Waals surface area contributed by atoms with E-state index in [0.29, 0.717) is 34.4 Å². The summed E-state index contributed by atoms with van der Waals surface area (Å²) in [6.45, 7) is -0.124. The van der Waals surface area contributed by atoms with Crippen LogP contribution in [0.2, 0.25) is 10.0 Å². The number of fused-ring (bicyclic) bond motifs is 1. The zero-order chi connectivity index (χ0) is 32.4. The highest BCUT2D eigenvalue weighted by Gasteiger charge is 2.75. The molecule has 8 nitrogen and oxygen atoms in total. The van der Waals surface area contributed by atoms with E-state index in [2.05, 4.69) is 5.32 Å². The third-order valence-corrected chi connectivity index (χ3v) is 12.7. The quantitative estimate of drug-likeness (QED) is 0.265. The Morgan fingerprint density at radius 2 is 1.74 bits per heavy atom. The van der Waals surface area contributed by atoms with Crippen molar-refractivity contribution >= 4 is 50.7 Å². The highest BCUT2D eigenvalue weighted by atomic mass is 35.5. The lowest BCUT2D eigenvalue weighted by Gasteiger charge is -2.50. The second kappa shape index (κ2) is 11.8. The number of para-hydroxylation sites is 1. The number of nitrogens with zero attached hydrogens (tertiary/aromatic N) is 2. The Bertz CT molecular complexity index is 1780. The maximum Gasteiger partial charge on any atom is 0.253 e. The summed E-state index contributed by atoms with van der Waals surface area (Å²) >= 11 is 12.7. The van der Waals surface area contributed by atoms with E-state index in [-0.39, 0.29) is 30.0 Å². The van der Waals surface area contributed by atoms with E-state index in [1.54, 1.807) is 41.3 Å². The van der Waals surface area contributed by atoms with Crippen molar-refractivity contribution < 1.29 is 27.1 Å². The summed E-state index contributed by atoms with van der Waals surface area (Å²) in [7, 11) is -2.44. The summed E-state index contributed by atoms with van der Waals surface area (Å²) in [5.74, 6) is -1.12. The first-order valence-corrected chi connectivity index (χ1v) is 17.7. The summed E-state index contributed by atoms with van der Waals surface area (Å²) in [6, 6.07) is 18.8. The molecule has 4 unspecified atom stereocenters. The standard InChI is InChI=1S/C34H34Cl2FN3O5S/c1-38-30(41)16-28-33(42)40(31(20-9-11-23(35)12-10-20)32(45-28)21-5-4-6-24(36)15-21)29(34-17-22(34)18-34)19-39(46(43,44)25-13-14-25)27-8-3-2-7-26(27)37/h2-12,15,22,25,28-29,31-32H,13-14,16-19H2,1H3,(H,38,41). The number of morpholine rings is 1. The molecule has 1 N–H and O–H groups in total. The molecule has 4 aliphatic rings. The van der Waals surface area contributed by atoms with Crippen LogP contribution in [0.4, 0.5) is 10.1 Å². The van der Waals surface area contributed by atoms with Crippen molar-refractivity contribution in [1.29, 1.82) is 0 Å². The number of halogens is 3. The highest BCUT2D eigenvalue weighted by Crippen LogP contribution is 2.78. The van der Waals surface area contributed by atoms with Gasteiger partial charge >= 0.3 is 0 Å². The molecule has 12 heteroatoms. The van der Waals surface area contributed by atoms with Gasteiger partial charge in [-0.2, -0.15) is 0 Å². The number of ether oxygens (including phenoxy) is 1. The minimum absolute atomic E-state index is 0.0364. The number of sulfonamides is 1. The third-order valence-electron chi connectivity index (χ3n) is 9.92. The largest absolute Gasteiger partial charge is 0.359 e. The van der Waals surface area contributed by atoms with Gasteiger partial charge in [0, 0.05) is 17.1 Å². The molecule has 7 rings (SSSR count). The van der Waals surface area contributed by atoms with Crippen molar-refractivity contribution in [2.45, 2.75) is 61.6 Å². The van der Waals surface area contributed by atoms with E-state index in [1.165, 1.54) is 29.6 Å². The van der Waals surface area contributed by atoms with Crippen molar-refractivity contribution in [1.82, 2.24) is 10.2 Å². The molecule has 1 saturated heterocycles. The molecular formula is C34H34Cl2FN3O5S. The van der Waals surface area contributed by atoms with Gasteiger partial charge < -0.3 is 15.0 Å². The monoisotopic (exact) mass is 685 g/mol. The van der Waals surface area contributed by atoms with Gasteiger partial charge in [-0.1, -0.05) is 59.6 Å². The van der Waals surface area contributed by atoms with E-state index >= 15 is 4.39 Å². The fraction of sp³-hybridized carbons (Fsp3) is 0.412. The molecule has 46 heavy (non-hydrogen) atoms. The van der Waals surface area contributed by atoms with Gasteiger partial charge in [-0.25, -0.2) is 12.8 Å². The molecule has 1 heterocycles. The SMILES string of the molecule is CNC(=O)CC1OC(c2cccc(Cl)c2)C(c2ccc(Cl)cc2)N(C(CN(c2ccccc2F)S(=O)(=O)C2CC2)C23CC2C3)C1=O. The molecule has 242 valence electrons. The Kier molecular flexibility index (Phi) is 8.07. The predicted octanol–water partition coefficient (Wildman–Crippen LogP) is 6.06. The molecular weight excluding hydrogens is 652 g/mol. The van der Waals surface area contributed by atoms with E-state index in [1.807, 2.05) is 18.2 Å². The van der Waals surface area contributed by atoms with Crippen molar-refractivity contribution in [2.24, 2.45) is 11.3 Å². The molecule has 0 spiro atoms. The molecule has 1 aliphatic heterocycles. The van der Waals surface area contributed by atoms with Crippen molar-refractivity contribution in [3.63, 3.8) is 0 Å². The van der Waals surface area contributed by atoms with Crippen LogP contribution in [0.1, 0.15) is 55.4 Å². The molecule has 4 fully saturated rings. The predicted molar refractivity (Wildman–Crippen MR) is 173 cm³/mol. The first-order valence-electron chi connectivity index (χ1n) is 15.5. The van der Waals surface area contributed by atoms with Crippen molar-refractivity contribution in [3.8, 4) is 0 Å².